The van der Waals surface area contributed by atoms with E-state index in [0.717, 1.165) is 0 Å². The summed E-state index contributed by atoms with van der Waals surface area (Å²) in [5, 5.41) is 5.75. The van der Waals surface area contributed by atoms with Crippen LogP contribution in [0.25, 0.3) is 0 Å². The van der Waals surface area contributed by atoms with Crippen LogP contribution in [0.2, 0.25) is 0 Å². The smallest absolute Gasteiger partial charge is 0.233 e. The second kappa shape index (κ2) is 5.51. The van der Waals surface area contributed by atoms with Crippen molar-refractivity contribution in [1.29, 1.82) is 0 Å². The molecule has 82 valence electrons. The van der Waals surface area contributed by atoms with Gasteiger partial charge in [-0.3, -0.25) is 4.79 Å². The Morgan fingerprint density at radius 2 is 2.20 bits per heavy atom. The number of carbonyl (C=O) groups excluding carboxylic acids is 1. The van der Waals surface area contributed by atoms with Gasteiger partial charge in [-0.05, 0) is 19.4 Å². The third kappa shape index (κ3) is 3.72. The highest BCUT2D eigenvalue weighted by molar-refractivity contribution is 5.77. The van der Waals surface area contributed by atoms with Crippen LogP contribution < -0.4 is 10.6 Å². The molecule has 0 aliphatic rings. The fourth-order valence-corrected chi connectivity index (χ4v) is 1.39. The topological polar surface area (TPSA) is 41.1 Å². The van der Waals surface area contributed by atoms with E-state index in [2.05, 4.69) is 42.7 Å². The molecular formula is C12H18N2O. The molecule has 0 saturated heterocycles. The maximum absolute atomic E-state index is 11.0. The Bertz CT molecular complexity index is 336. The Hall–Kier alpha value is -1.35. The van der Waals surface area contributed by atoms with Gasteiger partial charge in [0.1, 0.15) is 0 Å². The molecular weight excluding hydrogens is 188 g/mol. The Balaban J connectivity index is 2.53. The van der Waals surface area contributed by atoms with Crippen LogP contribution in [0.15, 0.2) is 24.3 Å². The van der Waals surface area contributed by atoms with Gasteiger partial charge in [-0.1, -0.05) is 29.8 Å². The number of benzene rings is 1. The first kappa shape index (κ1) is 11.7. The molecule has 3 nitrogen and oxygen atoms in total. The summed E-state index contributed by atoms with van der Waals surface area (Å²) in [6.45, 7) is 4.47. The van der Waals surface area contributed by atoms with Gasteiger partial charge in [0.15, 0.2) is 0 Å². The lowest BCUT2D eigenvalue weighted by Gasteiger charge is -2.14. The molecule has 0 heterocycles. The van der Waals surface area contributed by atoms with Crippen molar-refractivity contribution in [3.8, 4) is 0 Å². The summed E-state index contributed by atoms with van der Waals surface area (Å²) in [5.41, 5.74) is 2.44. The Morgan fingerprint density at radius 3 is 2.80 bits per heavy atom. The highest BCUT2D eigenvalue weighted by Crippen LogP contribution is 2.12. The fraction of sp³-hybridized carbons (Fsp3) is 0.417. The van der Waals surface area contributed by atoms with Gasteiger partial charge < -0.3 is 10.6 Å². The van der Waals surface area contributed by atoms with Crippen molar-refractivity contribution in [1.82, 2.24) is 10.6 Å². The summed E-state index contributed by atoms with van der Waals surface area (Å²) >= 11 is 0. The third-order valence-corrected chi connectivity index (χ3v) is 2.39. The lowest BCUT2D eigenvalue weighted by Crippen LogP contribution is -2.32. The first-order chi connectivity index (χ1) is 7.13. The molecule has 0 spiro atoms. The summed E-state index contributed by atoms with van der Waals surface area (Å²) in [4.78, 5) is 11.0. The molecule has 0 aliphatic carbocycles. The highest BCUT2D eigenvalue weighted by atomic mass is 16.1. The average molecular weight is 206 g/mol. The summed E-state index contributed by atoms with van der Waals surface area (Å²) in [7, 11) is 1.64. The SMILES string of the molecule is CNC(=O)CNC(C)c1cccc(C)c1. The molecule has 1 rings (SSSR count). The first-order valence-electron chi connectivity index (χ1n) is 5.14. The van der Waals surface area contributed by atoms with Crippen LogP contribution in [-0.2, 0) is 4.79 Å². The Kier molecular flexibility index (Phi) is 4.31. The minimum atomic E-state index is 0.00880. The summed E-state index contributed by atoms with van der Waals surface area (Å²) < 4.78 is 0. The van der Waals surface area contributed by atoms with Gasteiger partial charge in [0.05, 0.1) is 6.54 Å². The minimum Gasteiger partial charge on any atom is -0.358 e. The molecule has 1 amide bonds. The number of hydrogen-bond donors (Lipinski definition) is 2. The number of hydrogen-bond acceptors (Lipinski definition) is 2. The summed E-state index contributed by atoms with van der Waals surface area (Å²) in [6, 6.07) is 8.48. The molecule has 2 N–H and O–H groups in total. The number of carbonyl (C=O) groups is 1. The van der Waals surface area contributed by atoms with Crippen molar-refractivity contribution >= 4 is 5.91 Å². The number of nitrogens with one attached hydrogen (secondary N) is 2. The van der Waals surface area contributed by atoms with E-state index < -0.39 is 0 Å². The van der Waals surface area contributed by atoms with Crippen LogP contribution in [0.5, 0.6) is 0 Å². The Morgan fingerprint density at radius 1 is 1.47 bits per heavy atom. The number of amides is 1. The molecule has 0 aliphatic heterocycles. The van der Waals surface area contributed by atoms with Crippen LogP contribution in [0, 0.1) is 6.92 Å². The highest BCUT2D eigenvalue weighted by Gasteiger charge is 2.06. The largest absolute Gasteiger partial charge is 0.358 e. The van der Waals surface area contributed by atoms with Crippen LogP contribution in [0.3, 0.4) is 0 Å². The summed E-state index contributed by atoms with van der Waals surface area (Å²) in [5.74, 6) is 0.00880. The van der Waals surface area contributed by atoms with Crippen molar-refractivity contribution in [3.63, 3.8) is 0 Å². The normalized spacial score (nSPS) is 12.2. The van der Waals surface area contributed by atoms with Crippen molar-refractivity contribution in [2.24, 2.45) is 0 Å². The molecule has 1 aromatic carbocycles. The second-order valence-corrected chi connectivity index (χ2v) is 3.69. The van der Waals surface area contributed by atoms with Crippen LogP contribution in [0.1, 0.15) is 24.1 Å². The van der Waals surface area contributed by atoms with Crippen LogP contribution in [0.4, 0.5) is 0 Å². The predicted molar refractivity (Wildman–Crippen MR) is 61.7 cm³/mol. The number of rotatable bonds is 4. The molecule has 15 heavy (non-hydrogen) atoms. The number of aryl methyl sites for hydroxylation is 1. The first-order valence-corrected chi connectivity index (χ1v) is 5.14. The van der Waals surface area contributed by atoms with Gasteiger partial charge in [-0.15, -0.1) is 0 Å². The molecule has 3 heteroatoms. The Labute approximate surface area is 90.9 Å². The van der Waals surface area contributed by atoms with Crippen LogP contribution in [-0.4, -0.2) is 19.5 Å². The quantitative estimate of drug-likeness (QED) is 0.781. The molecule has 1 unspecified atom stereocenters. The van der Waals surface area contributed by atoms with E-state index in [1.54, 1.807) is 7.05 Å². The van der Waals surface area contributed by atoms with Crippen molar-refractivity contribution < 1.29 is 4.79 Å². The zero-order chi connectivity index (χ0) is 11.3. The van der Waals surface area contributed by atoms with Crippen molar-refractivity contribution in [3.05, 3.63) is 35.4 Å². The van der Waals surface area contributed by atoms with E-state index >= 15 is 0 Å². The molecule has 0 radical (unpaired) electrons. The molecule has 0 bridgehead atoms. The molecule has 1 aromatic rings. The monoisotopic (exact) mass is 206 g/mol. The molecule has 0 saturated carbocycles. The van der Waals surface area contributed by atoms with E-state index in [-0.39, 0.29) is 11.9 Å². The standard InChI is InChI=1S/C12H18N2O/c1-9-5-4-6-11(7-9)10(2)14-8-12(15)13-3/h4-7,10,14H,8H2,1-3H3,(H,13,15). The average Bonchev–Trinajstić information content (AvgIpc) is 2.25. The van der Waals surface area contributed by atoms with Gasteiger partial charge >= 0.3 is 0 Å². The lowest BCUT2D eigenvalue weighted by molar-refractivity contribution is -0.119. The maximum atomic E-state index is 11.0. The van der Waals surface area contributed by atoms with Gasteiger partial charge in [0, 0.05) is 13.1 Å². The minimum absolute atomic E-state index is 0.00880. The van der Waals surface area contributed by atoms with E-state index in [1.807, 2.05) is 6.07 Å². The van der Waals surface area contributed by atoms with Gasteiger partial charge in [0.25, 0.3) is 0 Å². The maximum Gasteiger partial charge on any atom is 0.233 e. The third-order valence-electron chi connectivity index (χ3n) is 2.39. The number of likely N-dealkylation sites (N-methyl/N-ethyl adjacent to an activating group) is 1. The molecule has 0 fully saturated rings. The lowest BCUT2D eigenvalue weighted by atomic mass is 10.1. The van der Waals surface area contributed by atoms with Gasteiger partial charge in [-0.2, -0.15) is 0 Å². The fourth-order valence-electron chi connectivity index (χ4n) is 1.39. The van der Waals surface area contributed by atoms with Crippen LogP contribution >= 0.6 is 0 Å². The predicted octanol–water partition coefficient (Wildman–Crippen LogP) is 1.39. The van der Waals surface area contributed by atoms with E-state index in [9.17, 15) is 4.79 Å². The zero-order valence-electron chi connectivity index (χ0n) is 9.50. The molecule has 0 aromatic heterocycles. The molecule has 1 atom stereocenters. The second-order valence-electron chi connectivity index (χ2n) is 3.69. The van der Waals surface area contributed by atoms with E-state index in [4.69, 9.17) is 0 Å². The zero-order valence-corrected chi connectivity index (χ0v) is 9.50. The van der Waals surface area contributed by atoms with E-state index in [0.29, 0.717) is 6.54 Å². The van der Waals surface area contributed by atoms with Crippen molar-refractivity contribution in [2.75, 3.05) is 13.6 Å². The van der Waals surface area contributed by atoms with Gasteiger partial charge in [0.2, 0.25) is 5.91 Å². The summed E-state index contributed by atoms with van der Waals surface area (Å²) in [6.07, 6.45) is 0. The van der Waals surface area contributed by atoms with E-state index in [1.165, 1.54) is 11.1 Å². The van der Waals surface area contributed by atoms with Crippen molar-refractivity contribution in [2.45, 2.75) is 19.9 Å². The van der Waals surface area contributed by atoms with Gasteiger partial charge in [-0.25, -0.2) is 0 Å².